The van der Waals surface area contributed by atoms with E-state index in [1.807, 2.05) is 0 Å². The lowest BCUT2D eigenvalue weighted by atomic mass is 9.89. The van der Waals surface area contributed by atoms with E-state index in [-0.39, 0.29) is 11.1 Å². The highest BCUT2D eigenvalue weighted by Crippen LogP contribution is 2.35. The highest BCUT2D eigenvalue weighted by molar-refractivity contribution is 7.98. The summed E-state index contributed by atoms with van der Waals surface area (Å²) in [5.74, 6) is 1.74. The molecule has 1 aliphatic carbocycles. The maximum atomic E-state index is 12.6. The Labute approximate surface area is 164 Å². The molecule has 27 heavy (non-hydrogen) atoms. The van der Waals surface area contributed by atoms with E-state index in [0.29, 0.717) is 22.7 Å². The molecule has 6 nitrogen and oxygen atoms in total. The van der Waals surface area contributed by atoms with Crippen LogP contribution >= 0.6 is 23.1 Å². The Kier molecular flexibility index (Phi) is 5.19. The number of nitrogens with one attached hydrogen (secondary N) is 2. The van der Waals surface area contributed by atoms with E-state index < -0.39 is 0 Å². The molecular weight excluding hydrogens is 380 g/mol. The molecule has 2 N–H and O–H groups in total. The average molecular weight is 403 g/mol. The van der Waals surface area contributed by atoms with Crippen molar-refractivity contribution in [2.75, 3.05) is 0 Å². The summed E-state index contributed by atoms with van der Waals surface area (Å²) >= 11 is 3.04. The molecule has 1 atom stereocenters. The third-order valence-electron chi connectivity index (χ3n) is 4.84. The molecule has 0 aliphatic heterocycles. The van der Waals surface area contributed by atoms with Gasteiger partial charge in [-0.1, -0.05) is 32.0 Å². The number of aromatic amines is 2. The smallest absolute Gasteiger partial charge is 0.259 e. The summed E-state index contributed by atoms with van der Waals surface area (Å²) in [7, 11) is 0. The van der Waals surface area contributed by atoms with Gasteiger partial charge in [-0.25, -0.2) is 9.97 Å². The second-order valence-electron chi connectivity index (χ2n) is 7.13. The molecule has 142 valence electrons. The predicted octanol–water partition coefficient (Wildman–Crippen LogP) is 3.44. The standard InChI is InChI=1S/C19H22N4O2S2/c1-3-4-11-8-15(24)23-19(20-11)26-9-14-21-17(25)16-12-6-5-10(2)7-13(12)27-18(16)22-14/h8,10H,3-7,9H2,1-2H3,(H,20,23,24)(H,21,22,25). The zero-order valence-electron chi connectivity index (χ0n) is 15.4. The van der Waals surface area contributed by atoms with E-state index in [1.165, 1.54) is 28.3 Å². The van der Waals surface area contributed by atoms with Crippen molar-refractivity contribution in [2.24, 2.45) is 5.92 Å². The van der Waals surface area contributed by atoms with Gasteiger partial charge in [0.25, 0.3) is 11.1 Å². The Morgan fingerprint density at radius 2 is 2.15 bits per heavy atom. The van der Waals surface area contributed by atoms with Crippen LogP contribution in [0.3, 0.4) is 0 Å². The van der Waals surface area contributed by atoms with Crippen molar-refractivity contribution in [3.05, 3.63) is 48.7 Å². The van der Waals surface area contributed by atoms with Gasteiger partial charge in [0, 0.05) is 16.6 Å². The molecule has 4 rings (SSSR count). The molecule has 8 heteroatoms. The van der Waals surface area contributed by atoms with Gasteiger partial charge in [-0.3, -0.25) is 9.59 Å². The molecule has 1 aliphatic rings. The van der Waals surface area contributed by atoms with Gasteiger partial charge < -0.3 is 9.97 Å². The number of fused-ring (bicyclic) bond motifs is 3. The number of rotatable bonds is 5. The van der Waals surface area contributed by atoms with Gasteiger partial charge >= 0.3 is 0 Å². The molecule has 0 spiro atoms. The van der Waals surface area contributed by atoms with Crippen LogP contribution in [0.5, 0.6) is 0 Å². The van der Waals surface area contributed by atoms with Crippen LogP contribution in [-0.2, 0) is 25.0 Å². The predicted molar refractivity (Wildman–Crippen MR) is 110 cm³/mol. The van der Waals surface area contributed by atoms with Crippen LogP contribution < -0.4 is 11.1 Å². The molecule has 0 aromatic carbocycles. The van der Waals surface area contributed by atoms with Crippen LogP contribution in [0.25, 0.3) is 10.2 Å². The van der Waals surface area contributed by atoms with Crippen LogP contribution in [0.2, 0.25) is 0 Å². The molecule has 0 saturated heterocycles. The fourth-order valence-electron chi connectivity index (χ4n) is 3.53. The first-order valence-electron chi connectivity index (χ1n) is 9.30. The third kappa shape index (κ3) is 3.87. The largest absolute Gasteiger partial charge is 0.309 e. The maximum Gasteiger partial charge on any atom is 0.259 e. The van der Waals surface area contributed by atoms with Crippen molar-refractivity contribution < 1.29 is 0 Å². The zero-order chi connectivity index (χ0) is 19.0. The first-order valence-corrected chi connectivity index (χ1v) is 11.1. The molecule has 0 fully saturated rings. The van der Waals surface area contributed by atoms with Crippen LogP contribution in [0.4, 0.5) is 0 Å². The van der Waals surface area contributed by atoms with Crippen LogP contribution in [0.1, 0.15) is 48.6 Å². The fourth-order valence-corrected chi connectivity index (χ4v) is 5.70. The summed E-state index contributed by atoms with van der Waals surface area (Å²) in [6, 6.07) is 1.54. The van der Waals surface area contributed by atoms with Crippen molar-refractivity contribution in [2.45, 2.75) is 56.9 Å². The minimum atomic E-state index is -0.145. The lowest BCUT2D eigenvalue weighted by Crippen LogP contribution is -2.14. The molecule has 1 unspecified atom stereocenters. The number of aromatic nitrogens is 4. The number of aryl methyl sites for hydroxylation is 2. The van der Waals surface area contributed by atoms with Gasteiger partial charge in [0.05, 0.1) is 11.1 Å². The highest BCUT2D eigenvalue weighted by atomic mass is 32.2. The van der Waals surface area contributed by atoms with E-state index in [2.05, 4.69) is 33.8 Å². The minimum absolute atomic E-state index is 0.0520. The third-order valence-corrected chi connectivity index (χ3v) is 6.87. The molecule has 0 saturated carbocycles. The average Bonchev–Trinajstić information content (AvgIpc) is 2.97. The van der Waals surface area contributed by atoms with E-state index >= 15 is 0 Å². The zero-order valence-corrected chi connectivity index (χ0v) is 17.1. The second kappa shape index (κ2) is 7.59. The topological polar surface area (TPSA) is 91.5 Å². The first kappa shape index (κ1) is 18.4. The molecular formula is C19H22N4O2S2. The Balaban J connectivity index is 1.60. The van der Waals surface area contributed by atoms with Crippen LogP contribution in [-0.4, -0.2) is 19.9 Å². The lowest BCUT2D eigenvalue weighted by Gasteiger charge is -2.17. The lowest BCUT2D eigenvalue weighted by molar-refractivity contribution is 0.509. The van der Waals surface area contributed by atoms with E-state index in [4.69, 9.17) is 0 Å². The van der Waals surface area contributed by atoms with Gasteiger partial charge in [-0.2, -0.15) is 0 Å². The monoisotopic (exact) mass is 402 g/mol. The number of hydrogen-bond donors (Lipinski definition) is 2. The van der Waals surface area contributed by atoms with Crippen molar-refractivity contribution in [3.63, 3.8) is 0 Å². The van der Waals surface area contributed by atoms with Gasteiger partial charge in [0.15, 0.2) is 5.16 Å². The van der Waals surface area contributed by atoms with Crippen molar-refractivity contribution in [1.82, 2.24) is 19.9 Å². The molecule has 0 radical (unpaired) electrons. The number of thioether (sulfide) groups is 1. The normalized spacial score (nSPS) is 16.6. The Hall–Kier alpha value is -1.93. The molecule has 3 aromatic heterocycles. The Bertz CT molecular complexity index is 1100. The van der Waals surface area contributed by atoms with E-state index in [1.54, 1.807) is 11.3 Å². The SMILES string of the molecule is CCCc1cc(=O)[nH]c(SCc2nc3sc4c(c3c(=O)[nH]2)CCC(C)C4)n1. The van der Waals surface area contributed by atoms with E-state index in [9.17, 15) is 9.59 Å². The first-order chi connectivity index (χ1) is 13.0. The number of H-pyrrole nitrogens is 2. The number of nitrogens with zero attached hydrogens (tertiary/aromatic N) is 2. The summed E-state index contributed by atoms with van der Waals surface area (Å²) < 4.78 is 0. The summed E-state index contributed by atoms with van der Waals surface area (Å²) in [4.78, 5) is 41.4. The van der Waals surface area contributed by atoms with Crippen LogP contribution in [0, 0.1) is 5.92 Å². The van der Waals surface area contributed by atoms with Gasteiger partial charge in [0.1, 0.15) is 10.7 Å². The Morgan fingerprint density at radius 3 is 2.96 bits per heavy atom. The van der Waals surface area contributed by atoms with Crippen molar-refractivity contribution in [1.29, 1.82) is 0 Å². The van der Waals surface area contributed by atoms with Gasteiger partial charge in [-0.15, -0.1) is 11.3 Å². The van der Waals surface area contributed by atoms with Gasteiger partial charge in [0.2, 0.25) is 0 Å². The molecule has 0 amide bonds. The minimum Gasteiger partial charge on any atom is -0.309 e. The second-order valence-corrected chi connectivity index (χ2v) is 9.17. The molecule has 3 aromatic rings. The molecule has 3 heterocycles. The summed E-state index contributed by atoms with van der Waals surface area (Å²) in [5, 5.41) is 1.33. The van der Waals surface area contributed by atoms with E-state index in [0.717, 1.165) is 48.0 Å². The fraction of sp³-hybridized carbons (Fsp3) is 0.474. The quantitative estimate of drug-likeness (QED) is 0.504. The number of thiophene rings is 1. The summed E-state index contributed by atoms with van der Waals surface area (Å²) in [6.07, 6.45) is 4.84. The number of hydrogen-bond acceptors (Lipinski definition) is 6. The Morgan fingerprint density at radius 1 is 1.30 bits per heavy atom. The molecule has 0 bridgehead atoms. The van der Waals surface area contributed by atoms with Gasteiger partial charge in [-0.05, 0) is 37.2 Å². The van der Waals surface area contributed by atoms with Crippen molar-refractivity contribution >= 4 is 33.3 Å². The summed E-state index contributed by atoms with van der Waals surface area (Å²) in [6.45, 7) is 4.31. The highest BCUT2D eigenvalue weighted by Gasteiger charge is 2.23. The summed E-state index contributed by atoms with van der Waals surface area (Å²) in [5.41, 5.74) is 1.79. The van der Waals surface area contributed by atoms with Crippen molar-refractivity contribution in [3.8, 4) is 0 Å². The van der Waals surface area contributed by atoms with Crippen LogP contribution in [0.15, 0.2) is 20.8 Å². The maximum absolute atomic E-state index is 12.6.